The lowest BCUT2D eigenvalue weighted by Gasteiger charge is -2.29. The van der Waals surface area contributed by atoms with Crippen molar-refractivity contribution in [2.45, 2.75) is 31.6 Å². The van der Waals surface area contributed by atoms with E-state index in [1.165, 1.54) is 0 Å². The van der Waals surface area contributed by atoms with E-state index in [1.807, 2.05) is 13.8 Å². The van der Waals surface area contributed by atoms with Crippen molar-refractivity contribution in [1.82, 2.24) is 9.62 Å². The van der Waals surface area contributed by atoms with Crippen LogP contribution in [0.1, 0.15) is 24.0 Å². The van der Waals surface area contributed by atoms with Gasteiger partial charge in [0, 0.05) is 13.1 Å². The van der Waals surface area contributed by atoms with Crippen LogP contribution in [0.2, 0.25) is 0 Å². The van der Waals surface area contributed by atoms with Gasteiger partial charge in [0.15, 0.2) is 0 Å². The summed E-state index contributed by atoms with van der Waals surface area (Å²) in [5, 5.41) is 0. The quantitative estimate of drug-likeness (QED) is 0.827. The molecule has 1 atom stereocenters. The fourth-order valence-corrected chi connectivity index (χ4v) is 4.10. The molecular weight excluding hydrogens is 286 g/mol. The molecule has 1 fully saturated rings. The largest absolute Gasteiger partial charge is 0.398 e. The molecule has 0 saturated carbocycles. The van der Waals surface area contributed by atoms with Crippen LogP contribution >= 0.6 is 0 Å². The summed E-state index contributed by atoms with van der Waals surface area (Å²) in [5.74, 6) is 0.367. The van der Waals surface area contributed by atoms with Gasteiger partial charge in [-0.05, 0) is 69.5 Å². The SMILES string of the molecule is Cc1cc(N)c(S(=O)(=O)NCC2CCCN(C)C2)cc1C. The van der Waals surface area contributed by atoms with Crippen molar-refractivity contribution in [2.24, 2.45) is 5.92 Å². The molecule has 1 aliphatic rings. The Morgan fingerprint density at radius 1 is 1.33 bits per heavy atom. The fraction of sp³-hybridized carbons (Fsp3) is 0.600. The van der Waals surface area contributed by atoms with Crippen molar-refractivity contribution in [3.63, 3.8) is 0 Å². The maximum atomic E-state index is 12.4. The Hall–Kier alpha value is -1.11. The summed E-state index contributed by atoms with van der Waals surface area (Å²) in [5.41, 5.74) is 8.12. The van der Waals surface area contributed by atoms with Gasteiger partial charge in [0.2, 0.25) is 10.0 Å². The van der Waals surface area contributed by atoms with Crippen molar-refractivity contribution in [1.29, 1.82) is 0 Å². The monoisotopic (exact) mass is 311 g/mol. The molecule has 0 amide bonds. The number of aryl methyl sites for hydroxylation is 2. The smallest absolute Gasteiger partial charge is 0.242 e. The van der Waals surface area contributed by atoms with E-state index >= 15 is 0 Å². The molecule has 0 spiro atoms. The molecule has 1 aliphatic heterocycles. The Balaban J connectivity index is 2.10. The number of sulfonamides is 1. The second-order valence-corrected chi connectivity index (χ2v) is 7.83. The lowest BCUT2D eigenvalue weighted by Crippen LogP contribution is -2.39. The van der Waals surface area contributed by atoms with Gasteiger partial charge in [-0.3, -0.25) is 0 Å². The molecule has 21 heavy (non-hydrogen) atoms. The van der Waals surface area contributed by atoms with Gasteiger partial charge in [-0.2, -0.15) is 0 Å². The third-order valence-electron chi connectivity index (χ3n) is 4.20. The van der Waals surface area contributed by atoms with Crippen LogP contribution < -0.4 is 10.5 Å². The van der Waals surface area contributed by atoms with E-state index in [0.29, 0.717) is 18.2 Å². The molecule has 118 valence electrons. The number of hydrogen-bond acceptors (Lipinski definition) is 4. The minimum atomic E-state index is -3.54. The molecule has 1 saturated heterocycles. The first-order valence-corrected chi connectivity index (χ1v) is 8.83. The highest BCUT2D eigenvalue weighted by molar-refractivity contribution is 7.89. The standard InChI is InChI=1S/C15H25N3O2S/c1-11-7-14(16)15(8-12(11)2)21(19,20)17-9-13-5-4-6-18(3)10-13/h7-8,13,17H,4-6,9-10,16H2,1-3H3. The summed E-state index contributed by atoms with van der Waals surface area (Å²) >= 11 is 0. The first kappa shape index (κ1) is 16.3. The number of nitrogens with two attached hydrogens (primary N) is 1. The minimum absolute atomic E-state index is 0.190. The van der Waals surface area contributed by atoms with Crippen molar-refractivity contribution in [3.8, 4) is 0 Å². The Kier molecular flexibility index (Phi) is 4.91. The first-order chi connectivity index (χ1) is 9.79. The molecule has 1 unspecified atom stereocenters. The molecule has 6 heteroatoms. The lowest BCUT2D eigenvalue weighted by molar-refractivity contribution is 0.211. The number of nitrogens with zero attached hydrogens (tertiary/aromatic N) is 1. The van der Waals surface area contributed by atoms with E-state index in [1.54, 1.807) is 12.1 Å². The molecule has 0 aliphatic carbocycles. The number of piperidine rings is 1. The van der Waals surface area contributed by atoms with Crippen molar-refractivity contribution in [2.75, 3.05) is 32.4 Å². The van der Waals surface area contributed by atoms with Gasteiger partial charge in [0.05, 0.1) is 5.69 Å². The minimum Gasteiger partial charge on any atom is -0.398 e. The predicted octanol–water partition coefficient (Wildman–Crippen LogP) is 1.51. The van der Waals surface area contributed by atoms with E-state index in [4.69, 9.17) is 5.73 Å². The highest BCUT2D eigenvalue weighted by Crippen LogP contribution is 2.23. The second kappa shape index (κ2) is 6.34. The van der Waals surface area contributed by atoms with Crippen LogP contribution in [-0.4, -0.2) is 40.0 Å². The van der Waals surface area contributed by atoms with Gasteiger partial charge in [0.1, 0.15) is 4.90 Å². The van der Waals surface area contributed by atoms with E-state index in [9.17, 15) is 8.42 Å². The zero-order valence-corrected chi connectivity index (χ0v) is 13.8. The molecule has 1 aromatic carbocycles. The highest BCUT2D eigenvalue weighted by atomic mass is 32.2. The number of benzene rings is 1. The van der Waals surface area contributed by atoms with Crippen LogP contribution in [0.5, 0.6) is 0 Å². The Morgan fingerprint density at radius 3 is 2.67 bits per heavy atom. The summed E-state index contributed by atoms with van der Waals surface area (Å²) in [4.78, 5) is 2.43. The molecule has 0 aromatic heterocycles. The number of hydrogen-bond donors (Lipinski definition) is 2. The van der Waals surface area contributed by atoms with Crippen molar-refractivity contribution in [3.05, 3.63) is 23.3 Å². The van der Waals surface area contributed by atoms with E-state index in [2.05, 4.69) is 16.7 Å². The number of nitrogens with one attached hydrogen (secondary N) is 1. The molecule has 5 nitrogen and oxygen atoms in total. The van der Waals surface area contributed by atoms with Crippen LogP contribution in [0.4, 0.5) is 5.69 Å². The second-order valence-electron chi connectivity index (χ2n) is 6.10. The van der Waals surface area contributed by atoms with E-state index in [-0.39, 0.29) is 4.90 Å². The maximum absolute atomic E-state index is 12.4. The maximum Gasteiger partial charge on any atom is 0.242 e. The van der Waals surface area contributed by atoms with E-state index < -0.39 is 10.0 Å². The zero-order chi connectivity index (χ0) is 15.6. The Labute approximate surface area is 127 Å². The molecular formula is C15H25N3O2S. The average Bonchev–Trinajstić information content (AvgIpc) is 2.41. The summed E-state index contributed by atoms with van der Waals surface area (Å²) in [6, 6.07) is 3.37. The number of nitrogen functional groups attached to an aromatic ring is 1. The normalized spacial score (nSPS) is 20.6. The Bertz CT molecular complexity index is 614. The number of anilines is 1. The van der Waals surface area contributed by atoms with Gasteiger partial charge in [-0.1, -0.05) is 0 Å². The van der Waals surface area contributed by atoms with Crippen LogP contribution in [0.15, 0.2) is 17.0 Å². The molecule has 1 aromatic rings. The van der Waals surface area contributed by atoms with Crippen molar-refractivity contribution < 1.29 is 8.42 Å². The molecule has 2 rings (SSSR count). The summed E-state index contributed by atoms with van der Waals surface area (Å²) < 4.78 is 27.6. The number of likely N-dealkylation sites (tertiary alicyclic amines) is 1. The predicted molar refractivity (Wildman–Crippen MR) is 85.7 cm³/mol. The van der Waals surface area contributed by atoms with Gasteiger partial charge in [0.25, 0.3) is 0 Å². The van der Waals surface area contributed by atoms with Gasteiger partial charge < -0.3 is 10.6 Å². The summed E-state index contributed by atoms with van der Waals surface area (Å²) in [6.45, 7) is 6.31. The topological polar surface area (TPSA) is 75.4 Å². The molecule has 3 N–H and O–H groups in total. The third-order valence-corrected chi connectivity index (χ3v) is 5.68. The Morgan fingerprint density at radius 2 is 2.00 bits per heavy atom. The van der Waals surface area contributed by atoms with Gasteiger partial charge >= 0.3 is 0 Å². The summed E-state index contributed by atoms with van der Waals surface area (Å²) in [6.07, 6.45) is 2.18. The highest BCUT2D eigenvalue weighted by Gasteiger charge is 2.22. The zero-order valence-electron chi connectivity index (χ0n) is 13.0. The third kappa shape index (κ3) is 3.96. The van der Waals surface area contributed by atoms with E-state index in [0.717, 1.165) is 37.1 Å². The number of rotatable bonds is 4. The lowest BCUT2D eigenvalue weighted by atomic mass is 9.99. The van der Waals surface area contributed by atoms with Crippen LogP contribution in [0.3, 0.4) is 0 Å². The van der Waals surface area contributed by atoms with Crippen LogP contribution in [0, 0.1) is 19.8 Å². The van der Waals surface area contributed by atoms with Gasteiger partial charge in [-0.25, -0.2) is 13.1 Å². The molecule has 0 bridgehead atoms. The molecule has 0 radical (unpaired) electrons. The van der Waals surface area contributed by atoms with Crippen LogP contribution in [-0.2, 0) is 10.0 Å². The average molecular weight is 311 g/mol. The van der Waals surface area contributed by atoms with Gasteiger partial charge in [-0.15, -0.1) is 0 Å². The van der Waals surface area contributed by atoms with Crippen LogP contribution in [0.25, 0.3) is 0 Å². The summed E-state index contributed by atoms with van der Waals surface area (Å²) in [7, 11) is -1.47. The first-order valence-electron chi connectivity index (χ1n) is 7.34. The fourth-order valence-electron chi connectivity index (χ4n) is 2.79. The molecule has 1 heterocycles. The van der Waals surface area contributed by atoms with Crippen molar-refractivity contribution >= 4 is 15.7 Å².